The predicted molar refractivity (Wildman–Crippen MR) is 102 cm³/mol. The van der Waals surface area contributed by atoms with Gasteiger partial charge in [0.1, 0.15) is 0 Å². The Labute approximate surface area is 147 Å². The van der Waals surface area contributed by atoms with Gasteiger partial charge in [-0.2, -0.15) is 0 Å². The molecule has 1 saturated heterocycles. The zero-order valence-corrected chi connectivity index (χ0v) is 18.0. The first-order valence-corrected chi connectivity index (χ1v) is 18.8. The van der Waals surface area contributed by atoms with E-state index in [9.17, 15) is 0 Å². The van der Waals surface area contributed by atoms with Gasteiger partial charge in [-0.1, -0.05) is 38.1 Å². The Hall–Kier alpha value is 2.05. The molecule has 0 saturated carbocycles. The lowest BCUT2D eigenvalue weighted by Gasteiger charge is -2.13. The van der Waals surface area contributed by atoms with Crippen molar-refractivity contribution in [3.8, 4) is 0 Å². The quantitative estimate of drug-likeness (QED) is 0.659. The van der Waals surface area contributed by atoms with E-state index in [1.807, 2.05) is 0 Å². The maximum absolute atomic E-state index is 5.85. The van der Waals surface area contributed by atoms with E-state index in [-0.39, 0.29) is 29.0 Å². The largest absolute Gasteiger partial charge is 0.513 e. The highest BCUT2D eigenvalue weighted by atomic mass is 27.3. The van der Waals surface area contributed by atoms with E-state index in [0.717, 1.165) is 12.1 Å². The van der Waals surface area contributed by atoms with Crippen molar-refractivity contribution >= 4 is 57.3 Å². The van der Waals surface area contributed by atoms with Crippen molar-refractivity contribution in [2.75, 3.05) is 12.1 Å². The average molecular weight is 346 g/mol. The molecule has 0 radical (unpaired) electrons. The van der Waals surface area contributed by atoms with Crippen molar-refractivity contribution < 1.29 is 7.58 Å². The van der Waals surface area contributed by atoms with Gasteiger partial charge in [-0.3, -0.25) is 0 Å². The van der Waals surface area contributed by atoms with Crippen molar-refractivity contribution in [1.82, 2.24) is 0 Å². The summed E-state index contributed by atoms with van der Waals surface area (Å²) in [6, 6.07) is 0. The van der Waals surface area contributed by atoms with Gasteiger partial charge in [0.15, 0.2) is 0 Å². The van der Waals surface area contributed by atoms with Crippen LogP contribution in [0.25, 0.3) is 0 Å². The summed E-state index contributed by atoms with van der Waals surface area (Å²) in [6.45, 7) is 1.05. The fourth-order valence-corrected chi connectivity index (χ4v) is 12.3. The van der Waals surface area contributed by atoms with Crippen LogP contribution in [0.4, 0.5) is 0 Å². The number of hydrogen-bond acceptors (Lipinski definition) is 2. The summed E-state index contributed by atoms with van der Waals surface area (Å²) in [5.41, 5.74) is 1.12. The van der Waals surface area contributed by atoms with Gasteiger partial charge in [0.2, 0.25) is 14.1 Å². The van der Waals surface area contributed by atoms with Crippen LogP contribution in [0.15, 0.2) is 0 Å². The maximum Gasteiger partial charge on any atom is 0.457 e. The molecule has 0 amide bonds. The second kappa shape index (κ2) is 17.4. The lowest BCUT2D eigenvalue weighted by molar-refractivity contribution is 0.291. The summed E-state index contributed by atoms with van der Waals surface area (Å²) in [7, 11) is 0. The fraction of sp³-hybridized carbons (Fsp3) is 1.00. The van der Waals surface area contributed by atoms with Crippen molar-refractivity contribution in [3.05, 3.63) is 0 Å². The zero-order valence-electron chi connectivity index (χ0n) is 13.4. The highest BCUT2D eigenvalue weighted by molar-refractivity contribution is 6.73. The van der Waals surface area contributed by atoms with Crippen LogP contribution >= 0.6 is 0 Å². The molecule has 0 aromatic heterocycles. The summed E-state index contributed by atoms with van der Waals surface area (Å²) in [5.74, 6) is 14.2. The highest BCUT2D eigenvalue weighted by Crippen LogP contribution is 2.09. The Morgan fingerprint density at radius 1 is 1.00 bits per heavy atom. The van der Waals surface area contributed by atoms with Crippen LogP contribution < -0.4 is 0 Å². The maximum atomic E-state index is 5.85. The summed E-state index contributed by atoms with van der Waals surface area (Å²) in [6.07, 6.45) is 2.73. The lowest BCUT2D eigenvalue weighted by atomic mass is 10.4. The molecule has 0 atom stereocenters. The van der Waals surface area contributed by atoms with Crippen LogP contribution in [0.5, 0.6) is 0 Å². The summed E-state index contributed by atoms with van der Waals surface area (Å²) in [5, 5.41) is 1.40. The molecule has 0 aliphatic carbocycles. The molecule has 1 rings (SSSR count). The summed E-state index contributed by atoms with van der Waals surface area (Å²) < 4.78 is 12.7. The van der Waals surface area contributed by atoms with Gasteiger partial charge in [0, 0.05) is 6.61 Å². The van der Waals surface area contributed by atoms with Gasteiger partial charge in [-0.05, 0) is 11.9 Å². The van der Waals surface area contributed by atoms with E-state index in [1.165, 1.54) is 22.3 Å². The van der Waals surface area contributed by atoms with E-state index >= 15 is 0 Å². The summed E-state index contributed by atoms with van der Waals surface area (Å²) in [4.78, 5) is 0. The first-order chi connectivity index (χ1) is 8.41. The Bertz CT molecular complexity index is 186. The first-order valence-electron chi connectivity index (χ1n) is 7.65. The first kappa shape index (κ1) is 26.9. The topological polar surface area (TPSA) is 18.5 Å². The molecule has 0 aromatic carbocycles. The molecule has 0 unspecified atom stereocenters. The van der Waals surface area contributed by atoms with E-state index in [4.69, 9.17) is 7.58 Å². The van der Waals surface area contributed by atoms with Gasteiger partial charge < -0.3 is 7.58 Å². The third kappa shape index (κ3) is 20.0. The van der Waals surface area contributed by atoms with Gasteiger partial charge in [-0.15, -0.1) is 27.3 Å². The molecule has 0 spiro atoms. The van der Waals surface area contributed by atoms with E-state index in [1.54, 1.807) is 0 Å². The Morgan fingerprint density at radius 3 is 1.90 bits per heavy atom. The molecule has 1 aliphatic rings. The van der Waals surface area contributed by atoms with Gasteiger partial charge in [0.05, 0.1) is 0 Å². The molecule has 2 nitrogen and oxygen atoms in total. The fourth-order valence-electron chi connectivity index (χ4n) is 1.99. The number of hydrogen-bond donors (Lipinski definition) is 0. The predicted octanol–water partition coefficient (Wildman–Crippen LogP) is 4.90. The number of rotatable bonds is 5. The molecule has 1 heterocycles. The monoisotopic (exact) mass is 346 g/mol. The van der Waals surface area contributed by atoms with E-state index in [0.29, 0.717) is 0 Å². The van der Waals surface area contributed by atoms with Crippen molar-refractivity contribution in [2.45, 2.75) is 71.8 Å². The molecule has 0 N–H and O–H groups in total. The normalized spacial score (nSPS) is 13.2. The molecule has 0 bridgehead atoms. The Kier molecular flexibility index (Phi) is 23.4. The molecule has 6 heteroatoms. The van der Waals surface area contributed by atoms with Crippen molar-refractivity contribution in [2.24, 2.45) is 0 Å². The van der Waals surface area contributed by atoms with E-state index in [2.05, 4.69) is 34.7 Å². The van der Waals surface area contributed by atoms with Crippen molar-refractivity contribution in [1.29, 1.82) is 0 Å². The molecular formula is C14H38Al4O2. The molecule has 118 valence electrons. The van der Waals surface area contributed by atoms with Gasteiger partial charge in [-0.25, -0.2) is 0 Å². The van der Waals surface area contributed by atoms with E-state index < -0.39 is 43.1 Å². The Balaban J connectivity index is -0.000000280. The second-order valence-corrected chi connectivity index (χ2v) is 18.6. The lowest BCUT2D eigenvalue weighted by Crippen LogP contribution is -2.24. The van der Waals surface area contributed by atoms with Crippen LogP contribution in [-0.2, 0) is 7.58 Å². The van der Waals surface area contributed by atoms with Crippen LogP contribution in [0, 0.1) is 0 Å². The third-order valence-corrected chi connectivity index (χ3v) is 13.4. The Morgan fingerprint density at radius 2 is 1.60 bits per heavy atom. The minimum Gasteiger partial charge on any atom is -0.513 e. The van der Waals surface area contributed by atoms with Crippen LogP contribution in [0.3, 0.4) is 0 Å². The highest BCUT2D eigenvalue weighted by Gasteiger charge is 2.18. The summed E-state index contributed by atoms with van der Waals surface area (Å²) >= 11 is -2.10. The molecule has 1 fully saturated rings. The van der Waals surface area contributed by atoms with Crippen molar-refractivity contribution in [3.63, 3.8) is 0 Å². The van der Waals surface area contributed by atoms with Crippen LogP contribution in [0.2, 0.25) is 44.1 Å². The zero-order chi connectivity index (χ0) is 14.0. The van der Waals surface area contributed by atoms with Crippen LogP contribution in [-0.4, -0.2) is 69.3 Å². The smallest absolute Gasteiger partial charge is 0.457 e. The minimum atomic E-state index is -0.720. The second-order valence-electron chi connectivity index (χ2n) is 6.34. The van der Waals surface area contributed by atoms with Gasteiger partial charge in [0.25, 0.3) is 14.1 Å². The minimum absolute atomic E-state index is 0. The standard InChI is InChI=1S/C4H8O.CH2O.2CH4.6CH3.CH2.4Al/c1-2-3-4-5;1-2;;;;;;;;;;;;;/h1-4H2;1H2;2*1H4;6*1H3;1H2;;;;/q2*-1;;;;;;;;;;;;2*+1. The molecule has 20 heavy (non-hydrogen) atoms. The average Bonchev–Trinajstić information content (AvgIpc) is 2.27. The molecule has 1 aliphatic heterocycles. The third-order valence-electron chi connectivity index (χ3n) is 2.92. The SMILES string of the molecule is C.C.[CH3][Al]([CH3])[CH2][O][Al]([CH3])[CH2][Al]([CH3])[CH3].[CH3][Al]1[CH2]CCC[O]1. The molecule has 0 aromatic rings. The van der Waals surface area contributed by atoms with Crippen LogP contribution in [0.1, 0.15) is 27.7 Å². The molecular weight excluding hydrogens is 308 g/mol. The van der Waals surface area contributed by atoms with Gasteiger partial charge >= 0.3 is 29.0 Å².